The molecule has 0 bridgehead atoms. The average molecular weight is 226 g/mol. The van der Waals surface area contributed by atoms with Gasteiger partial charge in [0.25, 0.3) is 0 Å². The van der Waals surface area contributed by atoms with Gasteiger partial charge in [0.05, 0.1) is 6.54 Å². The van der Waals surface area contributed by atoms with Crippen LogP contribution in [0.1, 0.15) is 12.5 Å². The summed E-state index contributed by atoms with van der Waals surface area (Å²) in [6.45, 7) is 2.46. The van der Waals surface area contributed by atoms with Crippen molar-refractivity contribution in [1.82, 2.24) is 4.90 Å². The van der Waals surface area contributed by atoms with Crippen LogP contribution in [0.25, 0.3) is 0 Å². The molecule has 1 aromatic carbocycles. The topological polar surface area (TPSA) is 29.5 Å². The van der Waals surface area contributed by atoms with Gasteiger partial charge < -0.3 is 9.64 Å². The highest BCUT2D eigenvalue weighted by Crippen LogP contribution is 2.32. The maximum absolute atomic E-state index is 11.3. The van der Waals surface area contributed by atoms with Crippen LogP contribution in [0.15, 0.2) is 24.3 Å². The third-order valence-corrected chi connectivity index (χ3v) is 2.87. The zero-order valence-electron chi connectivity index (χ0n) is 8.66. The van der Waals surface area contributed by atoms with Gasteiger partial charge in [-0.1, -0.05) is 23.7 Å². The predicted octanol–water partition coefficient (Wildman–Crippen LogP) is 2.64. The maximum Gasteiger partial charge on any atom is 0.410 e. The minimum atomic E-state index is -0.559. The number of cyclic esters (lactones) is 1. The molecular weight excluding hydrogens is 214 g/mol. The number of ether oxygens (including phenoxy) is 1. The lowest BCUT2D eigenvalue weighted by atomic mass is 9.96. The number of nitrogens with zero attached hydrogens (tertiary/aromatic N) is 1. The van der Waals surface area contributed by atoms with Crippen molar-refractivity contribution in [2.24, 2.45) is 0 Å². The van der Waals surface area contributed by atoms with E-state index in [4.69, 9.17) is 16.3 Å². The van der Waals surface area contributed by atoms with Crippen molar-refractivity contribution in [3.8, 4) is 0 Å². The van der Waals surface area contributed by atoms with Crippen LogP contribution in [-0.2, 0) is 10.3 Å². The van der Waals surface area contributed by atoms with Gasteiger partial charge in [0.1, 0.15) is 0 Å². The third kappa shape index (κ3) is 1.79. The fourth-order valence-corrected chi connectivity index (χ4v) is 1.90. The number of carbonyl (C=O) groups is 1. The minimum absolute atomic E-state index is 0.285. The lowest BCUT2D eigenvalue weighted by Gasteiger charge is -2.21. The van der Waals surface area contributed by atoms with Gasteiger partial charge in [-0.15, -0.1) is 0 Å². The van der Waals surface area contributed by atoms with E-state index in [0.717, 1.165) is 5.56 Å². The smallest absolute Gasteiger partial charge is 0.410 e. The number of hydrogen-bond donors (Lipinski definition) is 0. The van der Waals surface area contributed by atoms with Crippen LogP contribution in [0.3, 0.4) is 0 Å². The second-order valence-corrected chi connectivity index (χ2v) is 4.40. The lowest BCUT2D eigenvalue weighted by Crippen LogP contribution is -2.27. The van der Waals surface area contributed by atoms with Crippen molar-refractivity contribution in [2.75, 3.05) is 13.6 Å². The number of hydrogen-bond acceptors (Lipinski definition) is 2. The van der Waals surface area contributed by atoms with Gasteiger partial charge >= 0.3 is 6.09 Å². The maximum atomic E-state index is 11.3. The normalized spacial score (nSPS) is 25.5. The molecule has 1 aliphatic rings. The third-order valence-electron chi connectivity index (χ3n) is 2.62. The Morgan fingerprint density at radius 1 is 1.40 bits per heavy atom. The molecule has 0 N–H and O–H groups in total. The summed E-state index contributed by atoms with van der Waals surface area (Å²) in [4.78, 5) is 12.9. The molecule has 1 aromatic rings. The fraction of sp³-hybridized carbons (Fsp3) is 0.364. The van der Waals surface area contributed by atoms with Crippen LogP contribution >= 0.6 is 11.6 Å². The Morgan fingerprint density at radius 2 is 2.00 bits per heavy atom. The SMILES string of the molecule is CN1CC(C)(c2ccc(Cl)cc2)OC1=O. The molecule has 1 fully saturated rings. The molecule has 1 aliphatic heterocycles. The molecule has 0 saturated carbocycles. The highest BCUT2D eigenvalue weighted by atomic mass is 35.5. The zero-order chi connectivity index (χ0) is 11.1. The number of carbonyl (C=O) groups excluding carboxylic acids is 1. The summed E-state index contributed by atoms with van der Waals surface area (Å²) in [7, 11) is 1.73. The van der Waals surface area contributed by atoms with Gasteiger partial charge in [-0.25, -0.2) is 4.79 Å². The van der Waals surface area contributed by atoms with Gasteiger partial charge in [0.2, 0.25) is 0 Å². The second-order valence-electron chi connectivity index (χ2n) is 3.96. The Hall–Kier alpha value is -1.22. The minimum Gasteiger partial charge on any atom is -0.436 e. The van der Waals surface area contributed by atoms with Crippen molar-refractivity contribution < 1.29 is 9.53 Å². The van der Waals surface area contributed by atoms with Crippen molar-refractivity contribution in [1.29, 1.82) is 0 Å². The molecule has 0 aromatic heterocycles. The molecule has 15 heavy (non-hydrogen) atoms. The molecule has 1 amide bonds. The molecular formula is C11H12ClNO2. The highest BCUT2D eigenvalue weighted by molar-refractivity contribution is 6.30. The molecule has 0 spiro atoms. The standard InChI is InChI=1S/C11H12ClNO2/c1-11(7-13(2)10(14)15-11)8-3-5-9(12)6-4-8/h3-6H,7H2,1-2H3. The molecule has 1 saturated heterocycles. The van der Waals surface area contributed by atoms with Gasteiger partial charge in [-0.05, 0) is 24.6 Å². The molecule has 0 radical (unpaired) electrons. The van der Waals surface area contributed by atoms with Gasteiger partial charge in [0, 0.05) is 12.1 Å². The van der Waals surface area contributed by atoms with Crippen LogP contribution in [0, 0.1) is 0 Å². The Bertz CT molecular complexity index is 390. The Morgan fingerprint density at radius 3 is 2.47 bits per heavy atom. The first-order valence-electron chi connectivity index (χ1n) is 4.71. The van der Waals surface area contributed by atoms with E-state index in [-0.39, 0.29) is 6.09 Å². The van der Waals surface area contributed by atoms with Crippen molar-refractivity contribution in [2.45, 2.75) is 12.5 Å². The number of likely N-dealkylation sites (N-methyl/N-ethyl adjacent to an activating group) is 1. The summed E-state index contributed by atoms with van der Waals surface area (Å²) in [6.07, 6.45) is -0.285. The summed E-state index contributed by atoms with van der Waals surface area (Å²) in [5, 5.41) is 0.681. The molecule has 4 heteroatoms. The van der Waals surface area contributed by atoms with Gasteiger partial charge in [-0.3, -0.25) is 0 Å². The van der Waals surface area contributed by atoms with E-state index in [1.54, 1.807) is 24.1 Å². The summed E-state index contributed by atoms with van der Waals surface area (Å²) in [5.41, 5.74) is 0.403. The van der Waals surface area contributed by atoms with Crippen molar-refractivity contribution in [3.63, 3.8) is 0 Å². The molecule has 3 nitrogen and oxygen atoms in total. The molecule has 1 unspecified atom stereocenters. The molecule has 1 atom stereocenters. The largest absolute Gasteiger partial charge is 0.436 e. The second kappa shape index (κ2) is 3.42. The summed E-state index contributed by atoms with van der Waals surface area (Å²) >= 11 is 5.80. The molecule has 2 rings (SSSR count). The number of amides is 1. The van der Waals surface area contributed by atoms with Gasteiger partial charge in [-0.2, -0.15) is 0 Å². The Labute approximate surface area is 93.6 Å². The molecule has 80 valence electrons. The summed E-state index contributed by atoms with van der Waals surface area (Å²) in [6, 6.07) is 7.37. The Balaban J connectivity index is 2.31. The summed E-state index contributed by atoms with van der Waals surface area (Å²) < 4.78 is 5.33. The Kier molecular flexibility index (Phi) is 2.35. The van der Waals surface area contributed by atoms with E-state index < -0.39 is 5.60 Å². The number of benzene rings is 1. The van der Waals surface area contributed by atoms with E-state index in [1.807, 2.05) is 19.1 Å². The van der Waals surface area contributed by atoms with Crippen LogP contribution < -0.4 is 0 Å². The van der Waals surface area contributed by atoms with Crippen molar-refractivity contribution >= 4 is 17.7 Å². The summed E-state index contributed by atoms with van der Waals surface area (Å²) in [5.74, 6) is 0. The first-order valence-corrected chi connectivity index (χ1v) is 5.09. The van der Waals surface area contributed by atoms with Crippen LogP contribution in [0.4, 0.5) is 4.79 Å². The molecule has 0 aliphatic carbocycles. The molecule has 1 heterocycles. The first kappa shape index (κ1) is 10.3. The fourth-order valence-electron chi connectivity index (χ4n) is 1.77. The van der Waals surface area contributed by atoms with Gasteiger partial charge in [0.15, 0.2) is 5.60 Å². The lowest BCUT2D eigenvalue weighted by molar-refractivity contribution is 0.0701. The number of halogens is 1. The quantitative estimate of drug-likeness (QED) is 0.736. The monoisotopic (exact) mass is 225 g/mol. The van der Waals surface area contributed by atoms with Crippen LogP contribution in [-0.4, -0.2) is 24.6 Å². The highest BCUT2D eigenvalue weighted by Gasteiger charge is 2.40. The van der Waals surface area contributed by atoms with E-state index in [1.165, 1.54) is 0 Å². The van der Waals surface area contributed by atoms with Crippen molar-refractivity contribution in [3.05, 3.63) is 34.9 Å². The van der Waals surface area contributed by atoms with Crippen LogP contribution in [0.5, 0.6) is 0 Å². The average Bonchev–Trinajstić information content (AvgIpc) is 2.43. The predicted molar refractivity (Wildman–Crippen MR) is 57.9 cm³/mol. The van der Waals surface area contributed by atoms with E-state index in [2.05, 4.69) is 0 Å². The first-order chi connectivity index (χ1) is 7.01. The van der Waals surface area contributed by atoms with E-state index in [0.29, 0.717) is 11.6 Å². The van der Waals surface area contributed by atoms with Crippen LogP contribution in [0.2, 0.25) is 5.02 Å². The zero-order valence-corrected chi connectivity index (χ0v) is 9.41. The number of rotatable bonds is 1. The van der Waals surface area contributed by atoms with E-state index in [9.17, 15) is 4.79 Å². The van der Waals surface area contributed by atoms with E-state index >= 15 is 0 Å².